The fourth-order valence-electron chi connectivity index (χ4n) is 3.15. The van der Waals surface area contributed by atoms with Gasteiger partial charge in [0.2, 0.25) is 0 Å². The van der Waals surface area contributed by atoms with Crippen LogP contribution >= 0.6 is 0 Å². The smallest absolute Gasteiger partial charge is 0.275 e. The lowest BCUT2D eigenvalue weighted by molar-refractivity contribution is -0.384. The molecule has 10 heteroatoms. The van der Waals surface area contributed by atoms with Crippen LogP contribution in [0, 0.1) is 10.1 Å². The predicted octanol–water partition coefficient (Wildman–Crippen LogP) is 5.05. The molecule has 0 spiro atoms. The number of hydrogen-bond acceptors (Lipinski definition) is 7. The van der Waals surface area contributed by atoms with Crippen LogP contribution in [-0.2, 0) is 0 Å². The Morgan fingerprint density at radius 3 is 2.12 bits per heavy atom. The number of carbonyl (C=O) groups excluding carboxylic acids is 1. The molecule has 0 radical (unpaired) electrons. The second kappa shape index (κ2) is 9.74. The highest BCUT2D eigenvalue weighted by molar-refractivity contribution is 6.03. The van der Waals surface area contributed by atoms with Gasteiger partial charge in [0, 0.05) is 17.7 Å². The van der Waals surface area contributed by atoms with Gasteiger partial charge in [0.1, 0.15) is 28.7 Å². The molecule has 0 atom stereocenters. The molecule has 4 rings (SSSR count). The Morgan fingerprint density at radius 1 is 0.882 bits per heavy atom. The number of H-pyrrole nitrogens is 1. The van der Waals surface area contributed by atoms with Gasteiger partial charge >= 0.3 is 0 Å². The maximum Gasteiger partial charge on any atom is 0.275 e. The molecule has 2 N–H and O–H groups in total. The number of amides is 1. The average molecular weight is 460 g/mol. The molecule has 1 heterocycles. The molecule has 0 aliphatic carbocycles. The minimum atomic E-state index is -0.561. The van der Waals surface area contributed by atoms with Crippen molar-refractivity contribution < 1.29 is 23.9 Å². The normalized spacial score (nSPS) is 10.4. The molecule has 0 aliphatic rings. The number of methoxy groups -OCH3 is 2. The zero-order chi connectivity index (χ0) is 24.1. The van der Waals surface area contributed by atoms with Gasteiger partial charge in [-0.25, -0.2) is 0 Å². The first kappa shape index (κ1) is 22.3. The summed E-state index contributed by atoms with van der Waals surface area (Å²) in [7, 11) is 3.12. The van der Waals surface area contributed by atoms with Crippen molar-refractivity contribution in [1.29, 1.82) is 0 Å². The Labute approximate surface area is 194 Å². The fraction of sp³-hybridized carbons (Fsp3) is 0.0833. The Hall–Kier alpha value is -4.86. The maximum atomic E-state index is 12.8. The van der Waals surface area contributed by atoms with Gasteiger partial charge in [0.15, 0.2) is 0 Å². The van der Waals surface area contributed by atoms with Crippen molar-refractivity contribution in [2.75, 3.05) is 19.5 Å². The Morgan fingerprint density at radius 2 is 1.50 bits per heavy atom. The van der Waals surface area contributed by atoms with Crippen molar-refractivity contribution in [1.82, 2.24) is 10.2 Å². The summed E-state index contributed by atoms with van der Waals surface area (Å²) in [6.07, 6.45) is 0. The molecule has 4 aromatic rings. The van der Waals surface area contributed by atoms with Gasteiger partial charge in [-0.1, -0.05) is 0 Å². The lowest BCUT2D eigenvalue weighted by Gasteiger charge is -2.09. The standard InChI is InChI=1S/C24H20N4O6/c1-32-18-5-3-15(4-6-18)22-14-23(27-26-22)24(29)25-16-11-17(28(30)31)13-21(12-16)34-20-9-7-19(33-2)8-10-20/h3-14H,1-2H3,(H,25,29)(H,26,27). The first-order valence-corrected chi connectivity index (χ1v) is 10.1. The third-order valence-corrected chi connectivity index (χ3v) is 4.86. The molecule has 0 saturated heterocycles. The molecular formula is C24H20N4O6. The number of benzene rings is 3. The van der Waals surface area contributed by atoms with E-state index in [1.807, 2.05) is 12.1 Å². The van der Waals surface area contributed by atoms with E-state index in [2.05, 4.69) is 15.5 Å². The first-order chi connectivity index (χ1) is 16.4. The van der Waals surface area contributed by atoms with Crippen LogP contribution in [-0.4, -0.2) is 35.2 Å². The van der Waals surface area contributed by atoms with Crippen LogP contribution in [0.15, 0.2) is 72.8 Å². The Balaban J connectivity index is 1.53. The topological polar surface area (TPSA) is 129 Å². The number of rotatable bonds is 8. The zero-order valence-electron chi connectivity index (χ0n) is 18.3. The Kier molecular flexibility index (Phi) is 6.40. The summed E-state index contributed by atoms with van der Waals surface area (Å²) in [6.45, 7) is 0. The number of aromatic nitrogens is 2. The molecule has 0 aliphatic heterocycles. The van der Waals surface area contributed by atoms with Crippen LogP contribution in [0.5, 0.6) is 23.0 Å². The van der Waals surface area contributed by atoms with Gasteiger partial charge in [-0.15, -0.1) is 0 Å². The zero-order valence-corrected chi connectivity index (χ0v) is 18.3. The summed E-state index contributed by atoms with van der Waals surface area (Å²) in [5.74, 6) is 1.49. The first-order valence-electron chi connectivity index (χ1n) is 10.1. The summed E-state index contributed by atoms with van der Waals surface area (Å²) < 4.78 is 16.0. The number of carbonyl (C=O) groups is 1. The molecular weight excluding hydrogens is 440 g/mol. The second-order valence-corrected chi connectivity index (χ2v) is 7.10. The van der Waals surface area contributed by atoms with E-state index in [1.165, 1.54) is 18.2 Å². The summed E-state index contributed by atoms with van der Waals surface area (Å²) in [5.41, 5.74) is 1.51. The number of ether oxygens (including phenoxy) is 3. The highest BCUT2D eigenvalue weighted by Crippen LogP contribution is 2.31. The number of hydrogen-bond donors (Lipinski definition) is 2. The molecule has 0 bridgehead atoms. The monoisotopic (exact) mass is 460 g/mol. The highest BCUT2D eigenvalue weighted by atomic mass is 16.6. The lowest BCUT2D eigenvalue weighted by atomic mass is 10.1. The van der Waals surface area contributed by atoms with Gasteiger partial charge in [-0.2, -0.15) is 5.10 Å². The van der Waals surface area contributed by atoms with Gasteiger partial charge in [0.05, 0.1) is 36.6 Å². The maximum absolute atomic E-state index is 12.8. The highest BCUT2D eigenvalue weighted by Gasteiger charge is 2.16. The lowest BCUT2D eigenvalue weighted by Crippen LogP contribution is -2.12. The number of nitrogens with one attached hydrogen (secondary N) is 2. The molecule has 10 nitrogen and oxygen atoms in total. The van der Waals surface area contributed by atoms with Crippen molar-refractivity contribution in [3.8, 4) is 34.3 Å². The Bertz CT molecular complexity index is 1320. The van der Waals surface area contributed by atoms with E-state index in [9.17, 15) is 14.9 Å². The van der Waals surface area contributed by atoms with Gasteiger partial charge in [0.25, 0.3) is 11.6 Å². The van der Waals surface area contributed by atoms with Gasteiger partial charge < -0.3 is 19.5 Å². The van der Waals surface area contributed by atoms with E-state index in [0.29, 0.717) is 22.9 Å². The van der Waals surface area contributed by atoms with Gasteiger partial charge in [-0.05, 0) is 54.6 Å². The van der Waals surface area contributed by atoms with E-state index < -0.39 is 10.8 Å². The predicted molar refractivity (Wildman–Crippen MR) is 125 cm³/mol. The summed E-state index contributed by atoms with van der Waals surface area (Å²) in [6, 6.07) is 19.6. The van der Waals surface area contributed by atoms with Crippen LogP contribution in [0.2, 0.25) is 0 Å². The molecule has 34 heavy (non-hydrogen) atoms. The minimum absolute atomic E-state index is 0.190. The summed E-state index contributed by atoms with van der Waals surface area (Å²) in [4.78, 5) is 23.6. The van der Waals surface area contributed by atoms with Crippen LogP contribution in [0.3, 0.4) is 0 Å². The van der Waals surface area contributed by atoms with E-state index >= 15 is 0 Å². The van der Waals surface area contributed by atoms with Crippen molar-refractivity contribution in [2.45, 2.75) is 0 Å². The van der Waals surface area contributed by atoms with Crippen LogP contribution in [0.25, 0.3) is 11.3 Å². The number of anilines is 1. The summed E-state index contributed by atoms with van der Waals surface area (Å²) >= 11 is 0. The second-order valence-electron chi connectivity index (χ2n) is 7.10. The molecule has 0 unspecified atom stereocenters. The van der Waals surface area contributed by atoms with Crippen molar-refractivity contribution in [2.24, 2.45) is 0 Å². The van der Waals surface area contributed by atoms with Crippen molar-refractivity contribution >= 4 is 17.3 Å². The van der Waals surface area contributed by atoms with E-state index in [0.717, 1.165) is 5.56 Å². The number of non-ortho nitro benzene ring substituents is 1. The molecule has 1 amide bonds. The largest absolute Gasteiger partial charge is 0.497 e. The van der Waals surface area contributed by atoms with Gasteiger partial charge in [-0.3, -0.25) is 20.0 Å². The number of aromatic amines is 1. The van der Waals surface area contributed by atoms with E-state index in [4.69, 9.17) is 14.2 Å². The number of nitro groups is 1. The minimum Gasteiger partial charge on any atom is -0.497 e. The van der Waals surface area contributed by atoms with Crippen LogP contribution in [0.4, 0.5) is 11.4 Å². The van der Waals surface area contributed by atoms with Crippen LogP contribution in [0.1, 0.15) is 10.5 Å². The number of nitro benzene ring substituents is 1. The molecule has 0 saturated carbocycles. The van der Waals surface area contributed by atoms with Crippen LogP contribution < -0.4 is 19.5 Å². The SMILES string of the molecule is COc1ccc(Oc2cc(NC(=O)c3cc(-c4ccc(OC)cc4)n[nH]3)cc([N+](=O)[O-])c2)cc1. The fourth-order valence-corrected chi connectivity index (χ4v) is 3.15. The number of nitrogens with zero attached hydrogens (tertiary/aromatic N) is 2. The third-order valence-electron chi connectivity index (χ3n) is 4.86. The van der Waals surface area contributed by atoms with Crippen molar-refractivity contribution in [3.05, 3.63) is 88.6 Å². The summed E-state index contributed by atoms with van der Waals surface area (Å²) in [5, 5.41) is 20.9. The quantitative estimate of drug-likeness (QED) is 0.278. The molecule has 172 valence electrons. The molecule has 1 aromatic heterocycles. The molecule has 0 fully saturated rings. The average Bonchev–Trinajstić information content (AvgIpc) is 3.35. The van der Waals surface area contributed by atoms with E-state index in [-0.39, 0.29) is 22.8 Å². The third kappa shape index (κ3) is 5.13. The van der Waals surface area contributed by atoms with E-state index in [1.54, 1.807) is 56.7 Å². The van der Waals surface area contributed by atoms with Crippen molar-refractivity contribution in [3.63, 3.8) is 0 Å². The molecule has 3 aromatic carbocycles.